The Bertz CT molecular complexity index is 335. The highest BCUT2D eigenvalue weighted by Gasteiger charge is 2.41. The summed E-state index contributed by atoms with van der Waals surface area (Å²) in [6, 6.07) is 1.58. The summed E-state index contributed by atoms with van der Waals surface area (Å²) in [5, 5.41) is 0. The topological polar surface area (TPSA) is 3.24 Å². The Morgan fingerprint density at radius 1 is 0.792 bits per heavy atom. The molecular formula is C22H43NS. The quantitative estimate of drug-likeness (QED) is 0.561. The molecule has 0 amide bonds. The first kappa shape index (κ1) is 20.6. The smallest absolute Gasteiger partial charge is 0.0132 e. The molecule has 2 aliphatic rings. The lowest BCUT2D eigenvalue weighted by Crippen LogP contribution is -2.55. The molecule has 0 aliphatic heterocycles. The molecule has 1 nitrogen and oxygen atoms in total. The van der Waals surface area contributed by atoms with Gasteiger partial charge in [-0.15, -0.1) is 0 Å². The molecule has 0 saturated heterocycles. The Hall–Kier alpha value is 0.310. The monoisotopic (exact) mass is 353 g/mol. The Kier molecular flexibility index (Phi) is 8.00. The van der Waals surface area contributed by atoms with Gasteiger partial charge in [0, 0.05) is 24.4 Å². The number of hydrogen-bond acceptors (Lipinski definition) is 2. The van der Waals surface area contributed by atoms with Crippen molar-refractivity contribution in [3.63, 3.8) is 0 Å². The summed E-state index contributed by atoms with van der Waals surface area (Å²) in [6.07, 6.45) is 8.55. The summed E-state index contributed by atoms with van der Waals surface area (Å²) in [7, 11) is 0. The van der Waals surface area contributed by atoms with Crippen LogP contribution in [0.3, 0.4) is 0 Å². The van der Waals surface area contributed by atoms with Crippen molar-refractivity contribution in [2.45, 2.75) is 92.2 Å². The van der Waals surface area contributed by atoms with Crippen LogP contribution in [0.25, 0.3) is 0 Å². The molecule has 0 aromatic carbocycles. The highest BCUT2D eigenvalue weighted by Crippen LogP contribution is 2.42. The second kappa shape index (κ2) is 9.31. The van der Waals surface area contributed by atoms with Gasteiger partial charge in [-0.25, -0.2) is 0 Å². The van der Waals surface area contributed by atoms with Crippen molar-refractivity contribution >= 4 is 12.6 Å². The molecule has 0 bridgehead atoms. The molecular weight excluding hydrogens is 310 g/mol. The predicted molar refractivity (Wildman–Crippen MR) is 111 cm³/mol. The summed E-state index contributed by atoms with van der Waals surface area (Å²) in [5.74, 6) is 6.17. The van der Waals surface area contributed by atoms with Gasteiger partial charge in [-0.1, -0.05) is 54.4 Å². The maximum atomic E-state index is 4.67. The summed E-state index contributed by atoms with van der Waals surface area (Å²) in [4.78, 5) is 2.97. The van der Waals surface area contributed by atoms with Crippen LogP contribution in [0.5, 0.6) is 0 Å². The summed E-state index contributed by atoms with van der Waals surface area (Å²) >= 11 is 4.67. The van der Waals surface area contributed by atoms with Gasteiger partial charge in [0.15, 0.2) is 0 Å². The van der Waals surface area contributed by atoms with Crippen LogP contribution in [0.2, 0.25) is 0 Å². The fraction of sp³-hybridized carbons (Fsp3) is 1.00. The number of hydrogen-bond donors (Lipinski definition) is 1. The van der Waals surface area contributed by atoms with Crippen molar-refractivity contribution < 1.29 is 0 Å². The largest absolute Gasteiger partial charge is 0.296 e. The highest BCUT2D eigenvalue weighted by atomic mass is 32.1. The maximum Gasteiger partial charge on any atom is 0.0132 e. The van der Waals surface area contributed by atoms with E-state index in [9.17, 15) is 0 Å². The average molecular weight is 354 g/mol. The minimum atomic E-state index is 0.789. The van der Waals surface area contributed by atoms with Gasteiger partial charge in [0.25, 0.3) is 0 Å². The zero-order chi connectivity index (χ0) is 17.9. The molecule has 2 rings (SSSR count). The molecule has 0 radical (unpaired) electrons. The molecule has 2 saturated carbocycles. The van der Waals surface area contributed by atoms with Crippen molar-refractivity contribution in [1.29, 1.82) is 0 Å². The zero-order valence-corrected chi connectivity index (χ0v) is 18.1. The minimum absolute atomic E-state index is 0.789. The van der Waals surface area contributed by atoms with Gasteiger partial charge in [0.2, 0.25) is 0 Å². The third-order valence-electron chi connectivity index (χ3n) is 7.18. The summed E-state index contributed by atoms with van der Waals surface area (Å²) < 4.78 is 0. The first-order valence-corrected chi connectivity index (χ1v) is 11.3. The molecule has 24 heavy (non-hydrogen) atoms. The Morgan fingerprint density at radius 3 is 1.54 bits per heavy atom. The molecule has 2 aliphatic carbocycles. The predicted octanol–water partition coefficient (Wildman–Crippen LogP) is 6.14. The van der Waals surface area contributed by atoms with Crippen molar-refractivity contribution in [3.8, 4) is 0 Å². The standard InChI is InChI=1S/C22H43NS/c1-15(2)19-9-7-17(5)13-21(19)23(11-12-24)22-14-18(6)8-10-20(22)16(3)4/h15-22,24H,7-14H2,1-6H3. The fourth-order valence-electron chi connectivity index (χ4n) is 5.76. The Morgan fingerprint density at radius 2 is 1.21 bits per heavy atom. The van der Waals surface area contributed by atoms with Crippen molar-refractivity contribution in [3.05, 3.63) is 0 Å². The van der Waals surface area contributed by atoms with E-state index in [0.29, 0.717) is 0 Å². The Balaban J connectivity index is 2.26. The molecule has 6 atom stereocenters. The SMILES string of the molecule is CC1CCC(C(C)C)C(N(CCS)C2CC(C)CCC2C(C)C)C1. The van der Waals surface area contributed by atoms with Crippen LogP contribution in [0.15, 0.2) is 0 Å². The number of rotatable bonds is 6. The second-order valence-corrected chi connectivity index (χ2v) is 10.2. The van der Waals surface area contributed by atoms with Crippen LogP contribution in [0, 0.1) is 35.5 Å². The molecule has 0 heterocycles. The van der Waals surface area contributed by atoms with Crippen molar-refractivity contribution in [2.24, 2.45) is 35.5 Å². The first-order chi connectivity index (χ1) is 11.3. The van der Waals surface area contributed by atoms with Crippen molar-refractivity contribution in [2.75, 3.05) is 12.3 Å². The molecule has 0 aromatic rings. The normalized spacial score (nSPS) is 38.2. The molecule has 6 unspecified atom stereocenters. The van der Waals surface area contributed by atoms with E-state index in [0.717, 1.165) is 53.3 Å². The third-order valence-corrected chi connectivity index (χ3v) is 7.38. The van der Waals surface area contributed by atoms with E-state index in [1.165, 1.54) is 45.1 Å². The van der Waals surface area contributed by atoms with E-state index in [1.807, 2.05) is 0 Å². The summed E-state index contributed by atoms with van der Waals surface area (Å²) in [5.41, 5.74) is 0. The van der Waals surface area contributed by atoms with Gasteiger partial charge in [0.1, 0.15) is 0 Å². The van der Waals surface area contributed by atoms with Gasteiger partial charge in [-0.2, -0.15) is 12.6 Å². The maximum absolute atomic E-state index is 4.67. The van der Waals surface area contributed by atoms with Crippen LogP contribution in [-0.2, 0) is 0 Å². The molecule has 2 heteroatoms. The van der Waals surface area contributed by atoms with E-state index in [2.05, 4.69) is 59.1 Å². The van der Waals surface area contributed by atoms with E-state index in [4.69, 9.17) is 0 Å². The molecule has 0 aromatic heterocycles. The van der Waals surface area contributed by atoms with Crippen molar-refractivity contribution in [1.82, 2.24) is 4.90 Å². The van der Waals surface area contributed by atoms with E-state index in [1.54, 1.807) is 0 Å². The molecule has 2 fully saturated rings. The lowest BCUT2D eigenvalue weighted by Gasteiger charge is -2.51. The van der Waals surface area contributed by atoms with Gasteiger partial charge in [-0.05, 0) is 61.2 Å². The van der Waals surface area contributed by atoms with Crippen LogP contribution >= 0.6 is 12.6 Å². The zero-order valence-electron chi connectivity index (χ0n) is 17.2. The van der Waals surface area contributed by atoms with Crippen LogP contribution < -0.4 is 0 Å². The van der Waals surface area contributed by atoms with E-state index in [-0.39, 0.29) is 0 Å². The third kappa shape index (κ3) is 4.93. The lowest BCUT2D eigenvalue weighted by atomic mass is 9.69. The van der Waals surface area contributed by atoms with Gasteiger partial charge >= 0.3 is 0 Å². The molecule has 0 spiro atoms. The number of nitrogens with zero attached hydrogens (tertiary/aromatic N) is 1. The molecule has 142 valence electrons. The van der Waals surface area contributed by atoms with E-state index < -0.39 is 0 Å². The van der Waals surface area contributed by atoms with Crippen LogP contribution in [-0.4, -0.2) is 29.3 Å². The first-order valence-electron chi connectivity index (χ1n) is 10.7. The Labute approximate surface area is 157 Å². The number of thiol groups is 1. The van der Waals surface area contributed by atoms with Gasteiger partial charge in [-0.3, -0.25) is 4.90 Å². The van der Waals surface area contributed by atoms with Crippen LogP contribution in [0.1, 0.15) is 80.1 Å². The molecule has 0 N–H and O–H groups in total. The fourth-order valence-corrected chi connectivity index (χ4v) is 5.99. The summed E-state index contributed by atoms with van der Waals surface area (Å²) in [6.45, 7) is 16.0. The highest BCUT2D eigenvalue weighted by molar-refractivity contribution is 7.80. The average Bonchev–Trinajstić information content (AvgIpc) is 2.51. The minimum Gasteiger partial charge on any atom is -0.296 e. The van der Waals surface area contributed by atoms with E-state index >= 15 is 0 Å². The van der Waals surface area contributed by atoms with Crippen LogP contribution in [0.4, 0.5) is 0 Å². The lowest BCUT2D eigenvalue weighted by molar-refractivity contribution is -0.0184. The second-order valence-electron chi connectivity index (χ2n) is 9.75. The van der Waals surface area contributed by atoms with Gasteiger partial charge < -0.3 is 0 Å². The van der Waals surface area contributed by atoms with Gasteiger partial charge in [0.05, 0.1) is 0 Å².